The fourth-order valence-electron chi connectivity index (χ4n) is 5.13. The van der Waals surface area contributed by atoms with Gasteiger partial charge in [0.25, 0.3) is 5.91 Å². The molecule has 10 heteroatoms. The molecule has 0 aliphatic rings. The van der Waals surface area contributed by atoms with Crippen LogP contribution in [0.25, 0.3) is 0 Å². The molecule has 2 aromatic carbocycles. The Labute approximate surface area is 273 Å². The average molecular weight is 643 g/mol. The molecular formula is C35H51ClN4O5. The number of halogens is 1. The lowest BCUT2D eigenvalue weighted by Gasteiger charge is -2.35. The zero-order chi connectivity index (χ0) is 33.7. The Morgan fingerprint density at radius 2 is 1.56 bits per heavy atom. The first kappa shape index (κ1) is 37.6. The summed E-state index contributed by atoms with van der Waals surface area (Å²) >= 11 is 6.50. The lowest BCUT2D eigenvalue weighted by molar-refractivity contribution is -0.141. The Hall–Kier alpha value is -3.59. The van der Waals surface area contributed by atoms with E-state index in [1.807, 2.05) is 45.0 Å². The molecule has 0 aromatic heterocycles. The van der Waals surface area contributed by atoms with E-state index in [2.05, 4.69) is 17.6 Å². The molecule has 9 nitrogen and oxygen atoms in total. The quantitative estimate of drug-likeness (QED) is 0.165. The van der Waals surface area contributed by atoms with Crippen LogP contribution in [-0.2, 0) is 19.1 Å². The molecule has 0 aliphatic heterocycles. The Bertz CT molecular complexity index is 1300. The molecule has 4 N–H and O–H groups in total. The van der Waals surface area contributed by atoms with E-state index in [0.717, 1.165) is 48.8 Å². The van der Waals surface area contributed by atoms with Gasteiger partial charge in [0.15, 0.2) is 0 Å². The first-order chi connectivity index (χ1) is 21.2. The number of anilines is 1. The van der Waals surface area contributed by atoms with E-state index in [1.54, 1.807) is 32.9 Å². The van der Waals surface area contributed by atoms with Crippen LogP contribution < -0.4 is 16.4 Å². The van der Waals surface area contributed by atoms with Gasteiger partial charge in [-0.15, -0.1) is 0 Å². The van der Waals surface area contributed by atoms with Crippen LogP contribution in [0.4, 0.5) is 10.5 Å². The highest BCUT2D eigenvalue weighted by Gasteiger charge is 2.37. The third kappa shape index (κ3) is 12.0. The molecule has 0 spiro atoms. The van der Waals surface area contributed by atoms with Crippen LogP contribution in [0.15, 0.2) is 36.4 Å². The van der Waals surface area contributed by atoms with Crippen molar-refractivity contribution in [3.63, 3.8) is 0 Å². The summed E-state index contributed by atoms with van der Waals surface area (Å²) in [6.45, 7) is 13.3. The van der Waals surface area contributed by atoms with E-state index in [-0.39, 0.29) is 19.4 Å². The highest BCUT2D eigenvalue weighted by Crippen LogP contribution is 2.32. The molecule has 0 radical (unpaired) electrons. The summed E-state index contributed by atoms with van der Waals surface area (Å²) in [5, 5.41) is 6.02. The number of para-hydroxylation sites is 1. The maximum Gasteiger partial charge on any atom is 0.408 e. The number of unbranched alkanes of at least 4 members (excludes halogenated alkanes) is 5. The number of aryl methyl sites for hydroxylation is 2. The van der Waals surface area contributed by atoms with Crippen LogP contribution in [0.3, 0.4) is 0 Å². The topological polar surface area (TPSA) is 131 Å². The molecule has 45 heavy (non-hydrogen) atoms. The summed E-state index contributed by atoms with van der Waals surface area (Å²) in [6, 6.07) is 8.78. The number of hydrogen-bond donors (Lipinski definition) is 3. The van der Waals surface area contributed by atoms with Crippen LogP contribution >= 0.6 is 11.6 Å². The third-order valence-electron chi connectivity index (χ3n) is 7.68. The lowest BCUT2D eigenvalue weighted by atomic mass is 9.94. The number of amides is 4. The minimum Gasteiger partial charge on any atom is -0.444 e. The molecule has 2 rings (SSSR count). The third-order valence-corrected chi connectivity index (χ3v) is 7.99. The van der Waals surface area contributed by atoms with Gasteiger partial charge in [-0.3, -0.25) is 14.4 Å². The van der Waals surface area contributed by atoms with Crippen molar-refractivity contribution in [2.45, 2.75) is 118 Å². The van der Waals surface area contributed by atoms with Gasteiger partial charge in [-0.25, -0.2) is 4.79 Å². The van der Waals surface area contributed by atoms with Crippen molar-refractivity contribution in [3.05, 3.63) is 63.7 Å². The van der Waals surface area contributed by atoms with Gasteiger partial charge in [-0.1, -0.05) is 81.0 Å². The second-order valence-electron chi connectivity index (χ2n) is 12.6. The van der Waals surface area contributed by atoms with Crippen molar-refractivity contribution in [2.75, 3.05) is 11.9 Å². The number of ether oxygens (including phenoxy) is 1. The molecule has 0 saturated heterocycles. The van der Waals surface area contributed by atoms with Crippen LogP contribution in [0, 0.1) is 20.8 Å². The first-order valence-electron chi connectivity index (χ1n) is 15.9. The zero-order valence-electron chi connectivity index (χ0n) is 27.9. The predicted octanol–water partition coefficient (Wildman–Crippen LogP) is 7.29. The Balaban J connectivity index is 2.63. The van der Waals surface area contributed by atoms with Crippen LogP contribution in [0.5, 0.6) is 0 Å². The Kier molecular flexibility index (Phi) is 14.9. The van der Waals surface area contributed by atoms with Gasteiger partial charge < -0.3 is 26.0 Å². The summed E-state index contributed by atoms with van der Waals surface area (Å²) in [5.74, 6) is -1.56. The molecule has 0 bridgehead atoms. The summed E-state index contributed by atoms with van der Waals surface area (Å²) < 4.78 is 5.44. The molecule has 2 atom stereocenters. The number of carbonyl (C=O) groups is 4. The second-order valence-corrected chi connectivity index (χ2v) is 13.0. The van der Waals surface area contributed by atoms with Gasteiger partial charge in [-0.05, 0) is 82.7 Å². The summed E-state index contributed by atoms with van der Waals surface area (Å²) in [6.07, 6.45) is 4.82. The number of benzene rings is 2. The SMILES string of the molecule is CCCCCCCCN(C(=O)C(CCC(N)=O)NC(=O)OC(C)(C)C)C(C(=O)Nc1c(C)cccc1Cl)c1cccc(C)c1C. The Morgan fingerprint density at radius 1 is 0.933 bits per heavy atom. The van der Waals surface area contributed by atoms with Crippen molar-refractivity contribution >= 4 is 41.1 Å². The lowest BCUT2D eigenvalue weighted by Crippen LogP contribution is -2.53. The number of carbonyl (C=O) groups excluding carboxylic acids is 4. The highest BCUT2D eigenvalue weighted by atomic mass is 35.5. The van der Waals surface area contributed by atoms with Crippen molar-refractivity contribution in [1.29, 1.82) is 0 Å². The van der Waals surface area contributed by atoms with Gasteiger partial charge in [-0.2, -0.15) is 0 Å². The predicted molar refractivity (Wildman–Crippen MR) is 180 cm³/mol. The van der Waals surface area contributed by atoms with E-state index in [0.29, 0.717) is 22.7 Å². The summed E-state index contributed by atoms with van der Waals surface area (Å²) in [7, 11) is 0. The van der Waals surface area contributed by atoms with E-state index in [9.17, 15) is 19.2 Å². The fourth-order valence-corrected chi connectivity index (χ4v) is 5.39. The number of nitrogens with two attached hydrogens (primary N) is 1. The normalized spacial score (nSPS) is 12.6. The molecule has 2 unspecified atom stereocenters. The smallest absolute Gasteiger partial charge is 0.408 e. The van der Waals surface area contributed by atoms with Gasteiger partial charge in [0.1, 0.15) is 17.7 Å². The monoisotopic (exact) mass is 642 g/mol. The Morgan fingerprint density at radius 3 is 2.18 bits per heavy atom. The van der Waals surface area contributed by atoms with Crippen molar-refractivity contribution in [3.8, 4) is 0 Å². The summed E-state index contributed by atoms with van der Waals surface area (Å²) in [4.78, 5) is 55.1. The zero-order valence-corrected chi connectivity index (χ0v) is 28.7. The minimum atomic E-state index is -1.16. The number of alkyl carbamates (subject to hydrolysis) is 1. The fraction of sp³-hybridized carbons (Fsp3) is 0.543. The molecule has 0 heterocycles. The van der Waals surface area contributed by atoms with Crippen LogP contribution in [-0.4, -0.2) is 46.9 Å². The molecule has 2 aromatic rings. The largest absolute Gasteiger partial charge is 0.444 e. The maximum absolute atomic E-state index is 14.5. The van der Waals surface area contributed by atoms with Crippen molar-refractivity contribution in [2.24, 2.45) is 5.73 Å². The molecule has 0 aliphatic carbocycles. The molecule has 4 amide bonds. The van der Waals surface area contributed by atoms with Gasteiger partial charge in [0.2, 0.25) is 11.8 Å². The molecule has 0 saturated carbocycles. The number of nitrogens with one attached hydrogen (secondary N) is 2. The van der Waals surface area contributed by atoms with E-state index in [1.165, 1.54) is 4.90 Å². The summed E-state index contributed by atoms with van der Waals surface area (Å²) in [5.41, 5.74) is 8.36. The van der Waals surface area contributed by atoms with Crippen molar-refractivity contribution < 1.29 is 23.9 Å². The van der Waals surface area contributed by atoms with Crippen molar-refractivity contribution in [1.82, 2.24) is 10.2 Å². The van der Waals surface area contributed by atoms with Crippen LogP contribution in [0.2, 0.25) is 5.02 Å². The maximum atomic E-state index is 14.5. The standard InChI is InChI=1S/C35H51ClN4O5/c1-8-9-10-11-12-13-22-40(33(43)28(20-21-29(37)41)38-34(44)45-35(5,6)7)31(26-18-14-16-23(2)25(26)4)32(42)39-30-24(3)17-15-19-27(30)36/h14-19,28,31H,8-13,20-22H2,1-7H3,(H2,37,41)(H,38,44)(H,39,42). The minimum absolute atomic E-state index is 0.0504. The number of rotatable bonds is 16. The molecule has 248 valence electrons. The average Bonchev–Trinajstić information content (AvgIpc) is 2.94. The van der Waals surface area contributed by atoms with E-state index >= 15 is 0 Å². The van der Waals surface area contributed by atoms with Gasteiger partial charge >= 0.3 is 6.09 Å². The second kappa shape index (κ2) is 17.8. The van der Waals surface area contributed by atoms with E-state index in [4.69, 9.17) is 22.1 Å². The number of hydrogen-bond acceptors (Lipinski definition) is 5. The van der Waals surface area contributed by atoms with Gasteiger partial charge in [0, 0.05) is 13.0 Å². The molecular weight excluding hydrogens is 592 g/mol. The number of primary amides is 1. The highest BCUT2D eigenvalue weighted by molar-refractivity contribution is 6.34. The van der Waals surface area contributed by atoms with Crippen LogP contribution in [0.1, 0.15) is 107 Å². The first-order valence-corrected chi connectivity index (χ1v) is 16.2. The molecule has 0 fully saturated rings. The van der Waals surface area contributed by atoms with E-state index < -0.39 is 41.5 Å². The number of nitrogens with zero attached hydrogens (tertiary/aromatic N) is 1. The van der Waals surface area contributed by atoms with Gasteiger partial charge in [0.05, 0.1) is 10.7 Å².